The number of aromatic nitrogens is 2. The number of hydrogen-bond acceptors (Lipinski definition) is 15. The molecule has 0 saturated carbocycles. The van der Waals surface area contributed by atoms with E-state index >= 15 is 0 Å². The molecule has 0 atom stereocenters. The van der Waals surface area contributed by atoms with Crippen LogP contribution in [0.25, 0.3) is 0 Å². The number of amides is 7. The Morgan fingerprint density at radius 1 is 0.513 bits per heavy atom. The van der Waals surface area contributed by atoms with Crippen LogP contribution in [0.2, 0.25) is 0 Å². The van der Waals surface area contributed by atoms with Crippen LogP contribution in [0.1, 0.15) is 38.2 Å². The zero-order valence-electron chi connectivity index (χ0n) is 43.3. The number of phenols is 2. The Morgan fingerprint density at radius 2 is 1.00 bits per heavy atom. The molecule has 0 saturated heterocycles. The number of anilines is 6. The minimum absolute atomic E-state index is 0.0298. The molecular weight excluding hydrogens is 1010 g/mol. The number of phenolic OH excluding ortho intramolecular Hbond substituents is 2. The number of hydrogen-bond donors (Lipinski definition) is 12. The maximum absolute atomic E-state index is 12.9. The second kappa shape index (κ2) is 29.0. The van der Waals surface area contributed by atoms with E-state index < -0.39 is 23.6 Å². The first kappa shape index (κ1) is 57.8. The van der Waals surface area contributed by atoms with E-state index in [0.29, 0.717) is 65.8 Å². The highest BCUT2D eigenvalue weighted by molar-refractivity contribution is 6.40. The maximum Gasteiger partial charge on any atom is 0.327 e. The standard InChI is InChI=1S/C54H60N12O12/c1-34-9-13-44(46(67)25-34)59-51(72)53(74)63-61-42-15-11-40(27-36(42)3)57-48(69)31-65-19-5-7-38(29-65)33-78-56-18-22-77-24-23-76-21-17-55-50(71)39-8-6-20-66(30-39)32-49(70)58-41-12-16-43(37(4)28-41)62-64-54(75)52(73)60-45-14-10-35(2)26-47(45)68/h5-16,19-20,25-30,56H,17-18,21-24,31-33H2,1-4H3,(H9-2,55,57,58,59,60,61,62,63,64,67,68,69,70,71,72,73,74,75)/p+2. The molecule has 7 amide bonds. The number of aromatic hydroxyl groups is 2. The van der Waals surface area contributed by atoms with Gasteiger partial charge in [-0.3, -0.25) is 60.1 Å². The third-order valence-corrected chi connectivity index (χ3v) is 11.1. The summed E-state index contributed by atoms with van der Waals surface area (Å²) in [6.45, 7) is 9.11. The number of carbonyl (C=O) groups excluding carboxylic acids is 7. The highest BCUT2D eigenvalue weighted by atomic mass is 16.6. The number of pyridine rings is 2. The van der Waals surface area contributed by atoms with Crippen LogP contribution in [0, 0.1) is 27.7 Å². The molecule has 0 fully saturated rings. The Morgan fingerprint density at radius 3 is 1.51 bits per heavy atom. The third-order valence-electron chi connectivity index (χ3n) is 11.1. The third kappa shape index (κ3) is 18.7. The molecule has 0 aliphatic carbocycles. The number of rotatable bonds is 25. The fraction of sp³-hybridized carbons (Fsp3) is 0.241. The van der Waals surface area contributed by atoms with Crippen LogP contribution in [0.3, 0.4) is 0 Å². The van der Waals surface area contributed by atoms with Crippen LogP contribution in [-0.2, 0) is 62.8 Å². The lowest BCUT2D eigenvalue weighted by atomic mass is 10.2. The summed E-state index contributed by atoms with van der Waals surface area (Å²) >= 11 is 0. The number of aryl methyl sites for hydroxylation is 4. The molecule has 0 bridgehead atoms. The Balaban J connectivity index is 0.781. The normalized spacial score (nSPS) is 10.7. The number of hydrazine groups is 2. The predicted octanol–water partition coefficient (Wildman–Crippen LogP) is 2.83. The van der Waals surface area contributed by atoms with Crippen LogP contribution in [0.15, 0.2) is 122 Å². The molecule has 24 heteroatoms. The van der Waals surface area contributed by atoms with Gasteiger partial charge in [-0.1, -0.05) is 12.1 Å². The number of nitrogens with one attached hydrogen (secondary N) is 10. The van der Waals surface area contributed by atoms with Crippen molar-refractivity contribution in [1.82, 2.24) is 21.6 Å². The van der Waals surface area contributed by atoms with Crippen molar-refractivity contribution in [2.75, 3.05) is 71.6 Å². The van der Waals surface area contributed by atoms with Gasteiger partial charge in [0.2, 0.25) is 13.1 Å². The van der Waals surface area contributed by atoms with E-state index in [0.717, 1.165) is 16.7 Å². The van der Waals surface area contributed by atoms with E-state index in [9.17, 15) is 43.8 Å². The quantitative estimate of drug-likeness (QED) is 0.0129. The van der Waals surface area contributed by atoms with Crippen molar-refractivity contribution in [1.29, 1.82) is 0 Å². The van der Waals surface area contributed by atoms with Crippen molar-refractivity contribution >= 4 is 75.5 Å². The van der Waals surface area contributed by atoms with E-state index in [1.165, 1.54) is 24.3 Å². The molecule has 0 unspecified atom stereocenters. The largest absolute Gasteiger partial charge is 0.506 e. The Hall–Kier alpha value is -9.49. The molecule has 2 heterocycles. The van der Waals surface area contributed by atoms with Gasteiger partial charge >= 0.3 is 23.6 Å². The van der Waals surface area contributed by atoms with E-state index in [1.807, 2.05) is 6.07 Å². The van der Waals surface area contributed by atoms with Crippen molar-refractivity contribution in [3.05, 3.63) is 155 Å². The van der Waals surface area contributed by atoms with Gasteiger partial charge in [0.05, 0.1) is 55.8 Å². The van der Waals surface area contributed by atoms with Gasteiger partial charge in [0.1, 0.15) is 17.1 Å². The van der Waals surface area contributed by atoms with Crippen LogP contribution < -0.4 is 62.9 Å². The molecule has 0 aliphatic heterocycles. The zero-order chi connectivity index (χ0) is 56.0. The number of carbonyl (C=O) groups is 7. The minimum Gasteiger partial charge on any atom is -0.506 e. The summed E-state index contributed by atoms with van der Waals surface area (Å²) in [5.41, 5.74) is 19.1. The van der Waals surface area contributed by atoms with Crippen molar-refractivity contribution in [2.24, 2.45) is 0 Å². The molecule has 0 aliphatic rings. The van der Waals surface area contributed by atoms with Crippen molar-refractivity contribution in [2.45, 2.75) is 47.4 Å². The van der Waals surface area contributed by atoms with E-state index in [2.05, 4.69) is 53.8 Å². The molecule has 24 nitrogen and oxygen atoms in total. The lowest BCUT2D eigenvalue weighted by Crippen LogP contribution is -2.41. The van der Waals surface area contributed by atoms with Crippen molar-refractivity contribution < 1.29 is 67.2 Å². The summed E-state index contributed by atoms with van der Waals surface area (Å²) in [6, 6.07) is 26.1. The topological polar surface area (TPSA) is 316 Å². The molecule has 12 N–H and O–H groups in total. The average molecular weight is 1070 g/mol. The number of ether oxygens (including phenoxy) is 2. The lowest BCUT2D eigenvalue weighted by molar-refractivity contribution is -0.684. The second-order valence-corrected chi connectivity index (χ2v) is 17.6. The molecular formula is C54H62N12O12+2. The van der Waals surface area contributed by atoms with E-state index in [-0.39, 0.29) is 73.4 Å². The summed E-state index contributed by atoms with van der Waals surface area (Å²) in [6.07, 6.45) is 6.77. The van der Waals surface area contributed by atoms with Gasteiger partial charge in [-0.05, 0) is 123 Å². The van der Waals surface area contributed by atoms with Crippen LogP contribution >= 0.6 is 0 Å². The highest BCUT2D eigenvalue weighted by Gasteiger charge is 2.19. The van der Waals surface area contributed by atoms with E-state index in [4.69, 9.17) is 14.3 Å². The first-order valence-electron chi connectivity index (χ1n) is 24.4. The van der Waals surface area contributed by atoms with Crippen molar-refractivity contribution in [3.63, 3.8) is 0 Å². The second-order valence-electron chi connectivity index (χ2n) is 17.6. The molecule has 408 valence electrons. The van der Waals surface area contributed by atoms with Crippen LogP contribution in [0.4, 0.5) is 34.1 Å². The first-order chi connectivity index (χ1) is 37.5. The van der Waals surface area contributed by atoms with Gasteiger partial charge in [0, 0.05) is 42.2 Å². The molecule has 4 aromatic carbocycles. The molecule has 0 spiro atoms. The summed E-state index contributed by atoms with van der Waals surface area (Å²) in [5, 5.41) is 33.2. The van der Waals surface area contributed by atoms with Gasteiger partial charge in [0.25, 0.3) is 17.7 Å². The Labute approximate surface area is 448 Å². The van der Waals surface area contributed by atoms with Gasteiger partial charge in [-0.15, -0.1) is 0 Å². The summed E-state index contributed by atoms with van der Waals surface area (Å²) in [5.74, 6) is -5.21. The van der Waals surface area contributed by atoms with Gasteiger partial charge in [0.15, 0.2) is 24.8 Å². The average Bonchev–Trinajstić information content (AvgIpc) is 3.39. The van der Waals surface area contributed by atoms with Crippen LogP contribution in [0.5, 0.6) is 11.5 Å². The summed E-state index contributed by atoms with van der Waals surface area (Å²) in [4.78, 5) is 93.5. The maximum atomic E-state index is 12.9. The highest BCUT2D eigenvalue weighted by Crippen LogP contribution is 2.25. The van der Waals surface area contributed by atoms with Gasteiger partial charge in [-0.25, -0.2) is 0 Å². The fourth-order valence-electron chi connectivity index (χ4n) is 7.21. The summed E-state index contributed by atoms with van der Waals surface area (Å²) < 4.78 is 14.5. The zero-order valence-corrected chi connectivity index (χ0v) is 43.3. The van der Waals surface area contributed by atoms with Gasteiger partial charge in [-0.2, -0.15) is 14.6 Å². The monoisotopic (exact) mass is 1070 g/mol. The van der Waals surface area contributed by atoms with E-state index in [1.54, 1.807) is 128 Å². The number of hydroxylamine groups is 1. The van der Waals surface area contributed by atoms with Crippen molar-refractivity contribution in [3.8, 4) is 11.5 Å². The molecule has 6 aromatic rings. The Bertz CT molecular complexity index is 3140. The fourth-order valence-corrected chi connectivity index (χ4v) is 7.21. The molecule has 78 heavy (non-hydrogen) atoms. The first-order valence-corrected chi connectivity index (χ1v) is 24.4. The minimum atomic E-state index is -0.986. The number of nitrogens with zero attached hydrogens (tertiary/aromatic N) is 2. The number of benzene rings is 4. The van der Waals surface area contributed by atoms with Crippen LogP contribution in [-0.4, -0.2) is 91.1 Å². The predicted molar refractivity (Wildman–Crippen MR) is 286 cm³/mol. The lowest BCUT2D eigenvalue weighted by Gasteiger charge is -2.13. The molecule has 6 rings (SSSR count). The smallest absolute Gasteiger partial charge is 0.327 e. The Kier molecular flexibility index (Phi) is 21.5. The molecule has 0 radical (unpaired) electrons. The molecule has 2 aromatic heterocycles. The SMILES string of the molecule is Cc1ccc(NC(=O)C(=O)NNc2ccc(NC(=O)C[n+]3cccc(CONCCOCCOCCNC(=O)c4ccc[n+](CC(=O)Nc5ccc(NNC(=O)C(=O)Nc6ccc(C)cc6O)c(C)c5)c4)c3)cc2C)c(O)c1. The van der Waals surface area contributed by atoms with Gasteiger partial charge < -0.3 is 46.3 Å². The summed E-state index contributed by atoms with van der Waals surface area (Å²) in [7, 11) is 0.